The first-order chi connectivity index (χ1) is 35.9. The van der Waals surface area contributed by atoms with Crippen LogP contribution in [0.3, 0.4) is 0 Å². The third-order valence-electron chi connectivity index (χ3n) is 12.6. The molecule has 0 radical (unpaired) electrons. The van der Waals surface area contributed by atoms with E-state index in [1.165, 1.54) is 13.8 Å². The predicted octanol–water partition coefficient (Wildman–Crippen LogP) is 0.393. The van der Waals surface area contributed by atoms with Gasteiger partial charge in [-0.1, -0.05) is 108 Å². The van der Waals surface area contributed by atoms with Gasteiger partial charge in [0.1, 0.15) is 36.3 Å². The molecular formula is C53H74N10O10S2. The van der Waals surface area contributed by atoms with Crippen molar-refractivity contribution >= 4 is 73.8 Å². The van der Waals surface area contributed by atoms with Gasteiger partial charge in [0.15, 0.2) is 0 Å². The van der Waals surface area contributed by atoms with E-state index >= 15 is 0 Å². The molecule has 1 saturated heterocycles. The number of hydrogen-bond acceptors (Lipinski definition) is 14. The van der Waals surface area contributed by atoms with E-state index in [0.717, 1.165) is 50.0 Å². The molecule has 7 amide bonds. The fourth-order valence-electron chi connectivity index (χ4n) is 8.47. The molecule has 2 heterocycles. The van der Waals surface area contributed by atoms with E-state index in [1.54, 1.807) is 18.3 Å². The number of amides is 7. The Morgan fingerprint density at radius 1 is 0.707 bits per heavy atom. The molecule has 1 aliphatic heterocycles. The Bertz CT molecular complexity index is 2530. The number of aliphatic hydroxyl groups is 3. The lowest BCUT2D eigenvalue weighted by atomic mass is 9.97. The van der Waals surface area contributed by atoms with Crippen molar-refractivity contribution in [3.63, 3.8) is 0 Å². The van der Waals surface area contributed by atoms with Gasteiger partial charge in [-0.15, -0.1) is 0 Å². The maximum Gasteiger partial charge on any atom is 0.245 e. The van der Waals surface area contributed by atoms with Crippen molar-refractivity contribution in [3.05, 3.63) is 107 Å². The third kappa shape index (κ3) is 18.7. The van der Waals surface area contributed by atoms with Gasteiger partial charge in [-0.2, -0.15) is 0 Å². The average molecular weight is 1080 g/mol. The smallest absolute Gasteiger partial charge is 0.245 e. The zero-order valence-corrected chi connectivity index (χ0v) is 44.5. The zero-order valence-electron chi connectivity index (χ0n) is 42.9. The van der Waals surface area contributed by atoms with E-state index in [0.29, 0.717) is 29.9 Å². The third-order valence-corrected chi connectivity index (χ3v) is 15.1. The Balaban J connectivity index is 1.60. The second-order valence-corrected chi connectivity index (χ2v) is 22.0. The van der Waals surface area contributed by atoms with Crippen molar-refractivity contribution in [2.24, 2.45) is 17.4 Å². The number of H-pyrrole nitrogens is 1. The standard InChI is InChI=1S/C53H74N10O10S2/c1-30(2)21-34-15-12-16-35(22-34)24-41-49(69)59-42(25-36-26-56-39-18-9-8-17-37(36)39)50(70)57-40(19-10-11-20-54)48(68)63-46(32(4)66)53(73)62-45(52(72)60-43(27-64)31(3)65)29-75-74-28-44(51(71)58-41)61-47(67)38(55)23-33-13-6-5-7-14-33/h5-9,12-18,22,26,30-32,38,40-46,56,64-66H,10-11,19-21,23-25,27-29,54-55H2,1-4H3,(H,57,70)(H,58,71)(H,59,69)(H,60,72)(H,61,67)(H,62,73)(H,63,68)/t31-,32?,38-,40+,41+,42-,43-,44+,45?,46+/m1/s1. The van der Waals surface area contributed by atoms with Gasteiger partial charge < -0.3 is 69.0 Å². The number of hydrogen-bond donors (Lipinski definition) is 13. The zero-order chi connectivity index (χ0) is 54.6. The molecular weight excluding hydrogens is 1000 g/mol. The first-order valence-corrected chi connectivity index (χ1v) is 27.8. The summed E-state index contributed by atoms with van der Waals surface area (Å²) in [5.41, 5.74) is 16.1. The van der Waals surface area contributed by atoms with Crippen LogP contribution in [-0.4, -0.2) is 147 Å². The molecule has 3 aromatic carbocycles. The van der Waals surface area contributed by atoms with E-state index in [1.807, 2.05) is 66.7 Å². The highest BCUT2D eigenvalue weighted by Gasteiger charge is 2.36. The summed E-state index contributed by atoms with van der Waals surface area (Å²) in [5, 5.41) is 50.9. The average Bonchev–Trinajstić information content (AvgIpc) is 3.78. The summed E-state index contributed by atoms with van der Waals surface area (Å²) in [7, 11) is 2.07. The quantitative estimate of drug-likeness (QED) is 0.0447. The van der Waals surface area contributed by atoms with Gasteiger partial charge in [0.2, 0.25) is 41.4 Å². The van der Waals surface area contributed by atoms with Gasteiger partial charge >= 0.3 is 0 Å². The molecule has 408 valence electrons. The molecule has 1 aromatic heterocycles. The van der Waals surface area contributed by atoms with Crippen molar-refractivity contribution < 1.29 is 48.9 Å². The van der Waals surface area contributed by atoms with Gasteiger partial charge in [-0.25, -0.2) is 0 Å². The fourth-order valence-corrected chi connectivity index (χ4v) is 10.8. The molecule has 4 aromatic rings. The van der Waals surface area contributed by atoms with Crippen molar-refractivity contribution in [2.45, 2.75) is 133 Å². The number of nitrogens with one attached hydrogen (secondary N) is 8. The fraction of sp³-hybridized carbons (Fsp3) is 0.491. The molecule has 1 fully saturated rings. The van der Waals surface area contributed by atoms with Crippen molar-refractivity contribution in [1.82, 2.24) is 42.2 Å². The molecule has 20 nitrogen and oxygen atoms in total. The molecule has 0 saturated carbocycles. The minimum absolute atomic E-state index is 0.0327. The molecule has 0 aliphatic carbocycles. The van der Waals surface area contributed by atoms with Gasteiger partial charge in [0, 0.05) is 41.4 Å². The first kappa shape index (κ1) is 59.9. The summed E-state index contributed by atoms with van der Waals surface area (Å²) in [5.74, 6) is -5.67. The topological polar surface area (TPSA) is 332 Å². The molecule has 1 aliphatic rings. The lowest BCUT2D eigenvalue weighted by Gasteiger charge is -2.29. The van der Waals surface area contributed by atoms with Crippen molar-refractivity contribution in [3.8, 4) is 0 Å². The Morgan fingerprint density at radius 2 is 1.33 bits per heavy atom. The summed E-state index contributed by atoms with van der Waals surface area (Å²) in [6.45, 7) is 6.40. The van der Waals surface area contributed by atoms with Gasteiger partial charge in [-0.3, -0.25) is 33.6 Å². The number of nitrogens with two attached hydrogens (primary N) is 2. The van der Waals surface area contributed by atoms with Crippen LogP contribution in [0.4, 0.5) is 0 Å². The lowest BCUT2D eigenvalue weighted by Crippen LogP contribution is -2.62. The number of aromatic nitrogens is 1. The van der Waals surface area contributed by atoms with E-state index in [4.69, 9.17) is 11.5 Å². The first-order valence-electron chi connectivity index (χ1n) is 25.3. The highest BCUT2D eigenvalue weighted by molar-refractivity contribution is 8.76. The molecule has 22 heteroatoms. The van der Waals surface area contributed by atoms with Crippen LogP contribution in [0.25, 0.3) is 10.9 Å². The van der Waals surface area contributed by atoms with Crippen LogP contribution >= 0.6 is 21.6 Å². The predicted molar refractivity (Wildman–Crippen MR) is 291 cm³/mol. The lowest BCUT2D eigenvalue weighted by molar-refractivity contribution is -0.136. The Kier molecular flexibility index (Phi) is 23.9. The number of fused-ring (bicyclic) bond motifs is 1. The van der Waals surface area contributed by atoms with E-state index in [2.05, 4.69) is 56.0 Å². The summed E-state index contributed by atoms with van der Waals surface area (Å²) in [6.07, 6.45) is 0.586. The number of aliphatic hydroxyl groups excluding tert-OH is 3. The van der Waals surface area contributed by atoms with Gasteiger partial charge in [0.25, 0.3) is 0 Å². The molecule has 75 heavy (non-hydrogen) atoms. The maximum atomic E-state index is 15.0. The largest absolute Gasteiger partial charge is 0.394 e. The number of unbranched alkanes of at least 4 members (excludes halogenated alkanes) is 1. The van der Waals surface area contributed by atoms with E-state index in [9.17, 15) is 48.9 Å². The number of para-hydroxylation sites is 1. The highest BCUT2D eigenvalue weighted by atomic mass is 33.1. The van der Waals surface area contributed by atoms with Crippen LogP contribution in [0.2, 0.25) is 0 Å². The second-order valence-electron chi connectivity index (χ2n) is 19.4. The number of carbonyl (C=O) groups excluding carboxylic acids is 7. The van der Waals surface area contributed by atoms with E-state index < -0.39 is 108 Å². The summed E-state index contributed by atoms with van der Waals surface area (Å²) < 4.78 is 0. The Hall–Kier alpha value is -6.01. The normalized spacial score (nSPS) is 22.3. The molecule has 5 rings (SSSR count). The van der Waals surface area contributed by atoms with Gasteiger partial charge in [-0.05, 0) is 86.7 Å². The van der Waals surface area contributed by atoms with Crippen LogP contribution in [0.5, 0.6) is 0 Å². The van der Waals surface area contributed by atoms with Crippen LogP contribution in [0.1, 0.15) is 69.2 Å². The highest BCUT2D eigenvalue weighted by Crippen LogP contribution is 2.25. The van der Waals surface area contributed by atoms with Crippen molar-refractivity contribution in [1.29, 1.82) is 0 Å². The summed E-state index contributed by atoms with van der Waals surface area (Å²) in [4.78, 5) is 104. The monoisotopic (exact) mass is 1070 g/mol. The minimum atomic E-state index is -1.67. The van der Waals surface area contributed by atoms with Crippen molar-refractivity contribution in [2.75, 3.05) is 24.7 Å². The second kappa shape index (κ2) is 29.9. The molecule has 0 bridgehead atoms. The molecule has 0 spiro atoms. The minimum Gasteiger partial charge on any atom is -0.394 e. The number of carbonyl (C=O) groups is 7. The number of rotatable bonds is 19. The van der Waals surface area contributed by atoms with Crippen LogP contribution in [0.15, 0.2) is 85.1 Å². The SMILES string of the molecule is CC(C)Cc1cccc(C[C@@H]2NC(=O)[C@@H](NC(=O)[C@H](N)Cc3ccccc3)CSSCC(C(=O)N[C@H](CO)[C@@H](C)O)NC(=O)[C@H](C(C)O)NC(=O)[C@H](CCCCN)NC(=O)[C@@H](Cc3c[nH]c4ccccc34)NC2=O)c1. The van der Waals surface area contributed by atoms with Crippen LogP contribution in [-0.2, 0) is 59.2 Å². The maximum absolute atomic E-state index is 15.0. The number of aromatic amines is 1. The Morgan fingerprint density at radius 3 is 2.01 bits per heavy atom. The Labute approximate surface area is 445 Å². The van der Waals surface area contributed by atoms with Gasteiger partial charge in [0.05, 0.1) is 30.9 Å². The molecule has 15 N–H and O–H groups in total. The molecule has 2 unspecified atom stereocenters. The van der Waals surface area contributed by atoms with Crippen LogP contribution < -0.4 is 48.7 Å². The number of benzene rings is 3. The summed E-state index contributed by atoms with van der Waals surface area (Å²) >= 11 is 0. The molecule has 10 atom stereocenters. The van der Waals surface area contributed by atoms with E-state index in [-0.39, 0.29) is 43.7 Å². The summed E-state index contributed by atoms with van der Waals surface area (Å²) in [6, 6.07) is 13.4. The van der Waals surface area contributed by atoms with Crippen LogP contribution in [0, 0.1) is 5.92 Å².